The van der Waals surface area contributed by atoms with Crippen molar-refractivity contribution in [3.05, 3.63) is 34.5 Å². The van der Waals surface area contributed by atoms with Crippen LogP contribution in [0.1, 0.15) is 35.3 Å². The second-order valence-electron chi connectivity index (χ2n) is 4.52. The molecule has 0 bridgehead atoms. The number of aryl methyl sites for hydroxylation is 2. The Kier molecular flexibility index (Phi) is 3.81. The monoisotopic (exact) mass is 248 g/mol. The zero-order valence-corrected chi connectivity index (χ0v) is 11.4. The highest BCUT2D eigenvalue weighted by molar-refractivity contribution is 5.25. The van der Waals surface area contributed by atoms with Crippen LogP contribution in [0.2, 0.25) is 0 Å². The summed E-state index contributed by atoms with van der Waals surface area (Å²) in [4.78, 5) is 0. The lowest BCUT2D eigenvalue weighted by Gasteiger charge is -2.03. The molecule has 0 atom stereocenters. The summed E-state index contributed by atoms with van der Waals surface area (Å²) in [6.07, 6.45) is 0. The average Bonchev–Trinajstić information content (AvgIpc) is 2.84. The predicted octanol–water partition coefficient (Wildman–Crippen LogP) is 1.95. The maximum atomic E-state index is 5.23. The second kappa shape index (κ2) is 5.35. The second-order valence-corrected chi connectivity index (χ2v) is 4.52. The van der Waals surface area contributed by atoms with Crippen LogP contribution in [0.3, 0.4) is 0 Å². The quantitative estimate of drug-likeness (QED) is 0.878. The lowest BCUT2D eigenvalue weighted by atomic mass is 10.2. The van der Waals surface area contributed by atoms with Gasteiger partial charge in [0.05, 0.1) is 11.4 Å². The van der Waals surface area contributed by atoms with Crippen molar-refractivity contribution >= 4 is 0 Å². The molecule has 0 aromatic carbocycles. The van der Waals surface area contributed by atoms with Crippen molar-refractivity contribution in [2.75, 3.05) is 6.54 Å². The molecular formula is C13H20N4O. The van der Waals surface area contributed by atoms with Crippen LogP contribution in [0.5, 0.6) is 0 Å². The van der Waals surface area contributed by atoms with Gasteiger partial charge in [-0.05, 0) is 27.3 Å². The number of hydrogen-bond donors (Lipinski definition) is 1. The van der Waals surface area contributed by atoms with Gasteiger partial charge < -0.3 is 9.84 Å². The maximum absolute atomic E-state index is 5.23. The minimum atomic E-state index is 0.639. The van der Waals surface area contributed by atoms with Gasteiger partial charge in [-0.3, -0.25) is 4.68 Å². The van der Waals surface area contributed by atoms with Crippen molar-refractivity contribution < 1.29 is 4.52 Å². The fourth-order valence-electron chi connectivity index (χ4n) is 2.03. The van der Waals surface area contributed by atoms with E-state index in [9.17, 15) is 0 Å². The summed E-state index contributed by atoms with van der Waals surface area (Å²) in [5.41, 5.74) is 4.43. The first-order chi connectivity index (χ1) is 8.61. The van der Waals surface area contributed by atoms with E-state index >= 15 is 0 Å². The summed E-state index contributed by atoms with van der Waals surface area (Å²) in [5.74, 6) is 0.841. The van der Waals surface area contributed by atoms with Gasteiger partial charge >= 0.3 is 0 Å². The molecule has 5 nitrogen and oxygen atoms in total. The SMILES string of the molecule is CCNCc1c(C)nn(Cc2cc(C)no2)c1C. The molecule has 2 heterocycles. The van der Waals surface area contributed by atoms with Gasteiger partial charge in [0.2, 0.25) is 0 Å². The van der Waals surface area contributed by atoms with Crippen molar-refractivity contribution in [1.82, 2.24) is 20.3 Å². The van der Waals surface area contributed by atoms with E-state index in [0.717, 1.165) is 30.2 Å². The minimum absolute atomic E-state index is 0.639. The summed E-state index contributed by atoms with van der Waals surface area (Å²) in [6.45, 7) is 10.6. The van der Waals surface area contributed by atoms with E-state index in [0.29, 0.717) is 6.54 Å². The highest BCUT2D eigenvalue weighted by atomic mass is 16.5. The van der Waals surface area contributed by atoms with Gasteiger partial charge in [0.15, 0.2) is 5.76 Å². The third-order valence-electron chi connectivity index (χ3n) is 3.07. The van der Waals surface area contributed by atoms with E-state index in [4.69, 9.17) is 4.52 Å². The van der Waals surface area contributed by atoms with Crippen LogP contribution in [-0.2, 0) is 13.1 Å². The highest BCUT2D eigenvalue weighted by Gasteiger charge is 2.12. The Balaban J connectivity index is 2.18. The van der Waals surface area contributed by atoms with Gasteiger partial charge in [-0.15, -0.1) is 0 Å². The molecule has 1 N–H and O–H groups in total. The molecule has 0 unspecified atom stereocenters. The van der Waals surface area contributed by atoms with E-state index in [2.05, 4.69) is 29.4 Å². The molecule has 0 saturated carbocycles. The summed E-state index contributed by atoms with van der Waals surface area (Å²) < 4.78 is 7.20. The van der Waals surface area contributed by atoms with Gasteiger partial charge in [0, 0.05) is 23.9 Å². The van der Waals surface area contributed by atoms with Gasteiger partial charge in [-0.2, -0.15) is 5.10 Å². The summed E-state index contributed by atoms with van der Waals surface area (Å²) >= 11 is 0. The Morgan fingerprint density at radius 2 is 2.11 bits per heavy atom. The summed E-state index contributed by atoms with van der Waals surface area (Å²) in [6, 6.07) is 1.94. The average molecular weight is 248 g/mol. The van der Waals surface area contributed by atoms with Crippen molar-refractivity contribution in [2.45, 2.75) is 40.8 Å². The number of aromatic nitrogens is 3. The topological polar surface area (TPSA) is 55.9 Å². The number of nitrogens with zero attached hydrogens (tertiary/aromatic N) is 3. The van der Waals surface area contributed by atoms with E-state index in [1.54, 1.807) is 0 Å². The van der Waals surface area contributed by atoms with Crippen LogP contribution < -0.4 is 5.32 Å². The third kappa shape index (κ3) is 2.61. The molecule has 0 saturated heterocycles. The lowest BCUT2D eigenvalue weighted by molar-refractivity contribution is 0.366. The molecule has 98 valence electrons. The van der Waals surface area contributed by atoms with E-state index in [1.807, 2.05) is 24.6 Å². The Labute approximate surface area is 107 Å². The molecular weight excluding hydrogens is 228 g/mol. The normalized spacial score (nSPS) is 11.1. The first-order valence-electron chi connectivity index (χ1n) is 6.27. The molecule has 2 aromatic heterocycles. The fraction of sp³-hybridized carbons (Fsp3) is 0.538. The molecule has 0 aliphatic rings. The van der Waals surface area contributed by atoms with E-state index in [-0.39, 0.29) is 0 Å². The summed E-state index contributed by atoms with van der Waals surface area (Å²) in [5, 5.41) is 11.8. The van der Waals surface area contributed by atoms with Gasteiger partial charge in [0.1, 0.15) is 6.54 Å². The van der Waals surface area contributed by atoms with E-state index in [1.165, 1.54) is 11.3 Å². The van der Waals surface area contributed by atoms with Crippen LogP contribution in [0, 0.1) is 20.8 Å². The maximum Gasteiger partial charge on any atom is 0.158 e. The Bertz CT molecular complexity index is 527. The fourth-order valence-corrected chi connectivity index (χ4v) is 2.03. The van der Waals surface area contributed by atoms with Crippen LogP contribution in [0.25, 0.3) is 0 Å². The molecule has 2 aromatic rings. The highest BCUT2D eigenvalue weighted by Crippen LogP contribution is 2.15. The standard InChI is InChI=1S/C13H20N4O/c1-5-14-7-13-10(3)15-17(11(13)4)8-12-6-9(2)16-18-12/h6,14H,5,7-8H2,1-4H3. The largest absolute Gasteiger partial charge is 0.359 e. The molecule has 0 aliphatic carbocycles. The summed E-state index contributed by atoms with van der Waals surface area (Å²) in [7, 11) is 0. The molecule has 0 aliphatic heterocycles. The lowest BCUT2D eigenvalue weighted by Crippen LogP contribution is -2.13. The van der Waals surface area contributed by atoms with Gasteiger partial charge in [0.25, 0.3) is 0 Å². The van der Waals surface area contributed by atoms with Gasteiger partial charge in [-0.25, -0.2) is 0 Å². The van der Waals surface area contributed by atoms with Crippen LogP contribution in [0.15, 0.2) is 10.6 Å². The zero-order valence-electron chi connectivity index (χ0n) is 11.4. The van der Waals surface area contributed by atoms with Crippen LogP contribution in [0.4, 0.5) is 0 Å². The van der Waals surface area contributed by atoms with E-state index < -0.39 is 0 Å². The molecule has 0 amide bonds. The third-order valence-corrected chi connectivity index (χ3v) is 3.07. The molecule has 0 radical (unpaired) electrons. The smallest absolute Gasteiger partial charge is 0.158 e. The zero-order chi connectivity index (χ0) is 13.1. The van der Waals surface area contributed by atoms with Crippen molar-refractivity contribution in [1.29, 1.82) is 0 Å². The molecule has 0 spiro atoms. The van der Waals surface area contributed by atoms with Crippen molar-refractivity contribution in [3.63, 3.8) is 0 Å². The number of hydrogen-bond acceptors (Lipinski definition) is 4. The predicted molar refractivity (Wildman–Crippen MR) is 69.4 cm³/mol. The first-order valence-corrected chi connectivity index (χ1v) is 6.27. The van der Waals surface area contributed by atoms with Crippen LogP contribution >= 0.6 is 0 Å². The number of nitrogens with one attached hydrogen (secondary N) is 1. The Morgan fingerprint density at radius 3 is 2.72 bits per heavy atom. The van der Waals surface area contributed by atoms with Crippen molar-refractivity contribution in [3.8, 4) is 0 Å². The molecule has 5 heteroatoms. The van der Waals surface area contributed by atoms with Gasteiger partial charge in [-0.1, -0.05) is 12.1 Å². The minimum Gasteiger partial charge on any atom is -0.359 e. The Morgan fingerprint density at radius 1 is 1.33 bits per heavy atom. The van der Waals surface area contributed by atoms with Crippen LogP contribution in [-0.4, -0.2) is 21.5 Å². The first kappa shape index (κ1) is 12.8. The Hall–Kier alpha value is -1.62. The molecule has 18 heavy (non-hydrogen) atoms. The molecule has 2 rings (SSSR count). The van der Waals surface area contributed by atoms with Crippen molar-refractivity contribution in [2.24, 2.45) is 0 Å². The number of rotatable bonds is 5. The molecule has 0 fully saturated rings.